The van der Waals surface area contributed by atoms with Crippen molar-refractivity contribution in [1.82, 2.24) is 0 Å². The largest absolute Gasteiger partial charge is 0.505 e. The Labute approximate surface area is 154 Å². The van der Waals surface area contributed by atoms with Crippen LogP contribution in [0.5, 0.6) is 5.75 Å². The number of rotatable bonds is 4. The fraction of sp³-hybridized carbons (Fsp3) is 0. The highest BCUT2D eigenvalue weighted by Gasteiger charge is 2.25. The van der Waals surface area contributed by atoms with Gasteiger partial charge < -0.3 is 5.11 Å². The average Bonchev–Trinajstić information content (AvgIpc) is 2.59. The van der Waals surface area contributed by atoms with Gasteiger partial charge in [0.1, 0.15) is 15.5 Å². The van der Waals surface area contributed by atoms with Crippen molar-refractivity contribution in [2.45, 2.75) is 9.79 Å². The summed E-state index contributed by atoms with van der Waals surface area (Å²) < 4.78 is 65.5. The van der Waals surface area contributed by atoms with E-state index in [-0.39, 0.29) is 10.8 Å². The summed E-state index contributed by atoms with van der Waals surface area (Å²) in [5.74, 6) is -0.868. The molecule has 0 bridgehead atoms. The van der Waals surface area contributed by atoms with Crippen molar-refractivity contribution in [3.05, 3.63) is 54.6 Å². The van der Waals surface area contributed by atoms with Gasteiger partial charge in [-0.15, -0.1) is 5.11 Å². The van der Waals surface area contributed by atoms with E-state index in [0.717, 1.165) is 12.1 Å². The molecule has 0 spiro atoms. The highest BCUT2D eigenvalue weighted by molar-refractivity contribution is 7.86. The number of hydrogen-bond donors (Lipinski definition) is 3. The fourth-order valence-corrected chi connectivity index (χ4v) is 3.86. The maximum Gasteiger partial charge on any atom is 0.296 e. The summed E-state index contributed by atoms with van der Waals surface area (Å²) in [7, 11) is -9.55. The van der Waals surface area contributed by atoms with Gasteiger partial charge >= 0.3 is 0 Å². The van der Waals surface area contributed by atoms with Crippen LogP contribution in [0.2, 0.25) is 0 Å². The van der Waals surface area contributed by atoms with Crippen LogP contribution in [-0.4, -0.2) is 31.0 Å². The molecule has 140 valence electrons. The second-order valence-electron chi connectivity index (χ2n) is 5.41. The molecule has 9 nitrogen and oxygen atoms in total. The van der Waals surface area contributed by atoms with Crippen molar-refractivity contribution in [2.24, 2.45) is 10.2 Å². The molecular formula is C16H12N2O7S2. The average molecular weight is 408 g/mol. The van der Waals surface area contributed by atoms with Gasteiger partial charge in [0, 0.05) is 5.39 Å². The first-order valence-electron chi connectivity index (χ1n) is 7.29. The van der Waals surface area contributed by atoms with Crippen LogP contribution < -0.4 is 0 Å². The minimum Gasteiger partial charge on any atom is -0.505 e. The molecule has 0 fully saturated rings. The minimum atomic E-state index is -4.83. The maximum absolute atomic E-state index is 11.7. The summed E-state index contributed by atoms with van der Waals surface area (Å²) in [6, 6.07) is 12.6. The van der Waals surface area contributed by atoms with Crippen molar-refractivity contribution in [3.8, 4) is 5.75 Å². The number of aromatic hydroxyl groups is 1. The van der Waals surface area contributed by atoms with E-state index in [1.165, 1.54) is 12.1 Å². The van der Waals surface area contributed by atoms with Crippen LogP contribution in [0.3, 0.4) is 0 Å². The lowest BCUT2D eigenvalue weighted by Gasteiger charge is -2.11. The van der Waals surface area contributed by atoms with Crippen LogP contribution in [0, 0.1) is 0 Å². The third kappa shape index (κ3) is 3.80. The van der Waals surface area contributed by atoms with Crippen molar-refractivity contribution >= 4 is 42.4 Å². The van der Waals surface area contributed by atoms with Gasteiger partial charge in [0.15, 0.2) is 5.75 Å². The number of benzene rings is 3. The van der Waals surface area contributed by atoms with Gasteiger partial charge in [-0.2, -0.15) is 21.9 Å². The monoisotopic (exact) mass is 408 g/mol. The highest BCUT2D eigenvalue weighted by Crippen LogP contribution is 2.43. The van der Waals surface area contributed by atoms with E-state index >= 15 is 0 Å². The molecule has 27 heavy (non-hydrogen) atoms. The molecule has 3 rings (SSSR count). The number of azo groups is 1. The van der Waals surface area contributed by atoms with E-state index in [1.54, 1.807) is 30.3 Å². The Hall–Kier alpha value is -2.86. The summed E-state index contributed by atoms with van der Waals surface area (Å²) >= 11 is 0. The summed E-state index contributed by atoms with van der Waals surface area (Å²) in [5, 5.41) is 17.6. The third-order valence-corrected chi connectivity index (χ3v) is 5.38. The predicted molar refractivity (Wildman–Crippen MR) is 95.9 cm³/mol. The molecule has 11 heteroatoms. The van der Waals surface area contributed by atoms with Crippen molar-refractivity contribution in [3.63, 3.8) is 0 Å². The van der Waals surface area contributed by atoms with E-state index in [9.17, 15) is 31.0 Å². The Morgan fingerprint density at radius 2 is 1.37 bits per heavy atom. The predicted octanol–water partition coefficient (Wildman–Crippen LogP) is 3.45. The quantitative estimate of drug-likeness (QED) is 0.441. The minimum absolute atomic E-state index is 0.0473. The SMILES string of the molecule is O=S(=O)(O)c1cc2cccc(S(=O)(=O)O)c2c(O)c1N=Nc1ccccc1. The molecule has 0 amide bonds. The Morgan fingerprint density at radius 1 is 0.741 bits per heavy atom. The zero-order chi connectivity index (χ0) is 19.8. The normalized spacial score (nSPS) is 12.7. The zero-order valence-corrected chi connectivity index (χ0v) is 15.0. The second-order valence-corrected chi connectivity index (χ2v) is 8.19. The van der Waals surface area contributed by atoms with Crippen LogP contribution in [0.25, 0.3) is 10.8 Å². The zero-order valence-electron chi connectivity index (χ0n) is 13.4. The standard InChI is InChI=1S/C16H12N2O7S2/c19-16-14-10(5-4-8-12(14)26(20,21)22)9-13(27(23,24)25)15(16)18-17-11-6-2-1-3-7-11/h1-9,19H,(H,20,21,22)(H,23,24,25). The Bertz CT molecular complexity index is 1270. The third-order valence-electron chi connectivity index (χ3n) is 3.62. The van der Waals surface area contributed by atoms with Crippen LogP contribution in [0.4, 0.5) is 11.4 Å². The topological polar surface area (TPSA) is 154 Å². The molecule has 3 aromatic carbocycles. The van der Waals surface area contributed by atoms with Gasteiger partial charge in [0.2, 0.25) is 0 Å². The molecule has 0 unspecified atom stereocenters. The number of fused-ring (bicyclic) bond motifs is 1. The molecule has 0 aliphatic heterocycles. The summed E-state index contributed by atoms with van der Waals surface area (Å²) in [6.45, 7) is 0. The van der Waals surface area contributed by atoms with Crippen LogP contribution in [-0.2, 0) is 20.2 Å². The molecule has 0 saturated heterocycles. The molecular weight excluding hydrogens is 396 g/mol. The van der Waals surface area contributed by atoms with Crippen LogP contribution in [0.15, 0.2) is 74.6 Å². The van der Waals surface area contributed by atoms with Gasteiger partial charge in [-0.25, -0.2) is 0 Å². The van der Waals surface area contributed by atoms with Gasteiger partial charge in [-0.05, 0) is 29.7 Å². The maximum atomic E-state index is 11.7. The van der Waals surface area contributed by atoms with Gasteiger partial charge in [0.05, 0.1) is 5.69 Å². The molecule has 0 aliphatic rings. The van der Waals surface area contributed by atoms with E-state index in [2.05, 4.69) is 10.2 Å². The first-order chi connectivity index (χ1) is 12.6. The molecule has 0 aromatic heterocycles. The highest BCUT2D eigenvalue weighted by atomic mass is 32.2. The molecule has 0 radical (unpaired) electrons. The van der Waals surface area contributed by atoms with E-state index < -0.39 is 41.5 Å². The van der Waals surface area contributed by atoms with E-state index in [0.29, 0.717) is 5.69 Å². The smallest absolute Gasteiger partial charge is 0.296 e. The number of nitrogens with zero attached hydrogens (tertiary/aromatic N) is 2. The molecule has 0 aliphatic carbocycles. The molecule has 0 saturated carbocycles. The lowest BCUT2D eigenvalue weighted by molar-refractivity contribution is 0.469. The van der Waals surface area contributed by atoms with Gasteiger partial charge in [-0.1, -0.05) is 30.3 Å². The Kier molecular flexibility index (Phi) is 4.70. The van der Waals surface area contributed by atoms with Gasteiger partial charge in [0.25, 0.3) is 20.2 Å². The molecule has 3 N–H and O–H groups in total. The summed E-state index contributed by atoms with van der Waals surface area (Å²) in [6.07, 6.45) is 0. The summed E-state index contributed by atoms with van der Waals surface area (Å²) in [4.78, 5) is -1.41. The van der Waals surface area contributed by atoms with E-state index in [1.807, 2.05) is 0 Å². The molecule has 3 aromatic rings. The second kappa shape index (κ2) is 6.70. The Balaban J connectivity index is 2.39. The first kappa shape index (κ1) is 18.9. The van der Waals surface area contributed by atoms with Crippen molar-refractivity contribution in [1.29, 1.82) is 0 Å². The Morgan fingerprint density at radius 3 is 1.96 bits per heavy atom. The van der Waals surface area contributed by atoms with Crippen molar-refractivity contribution in [2.75, 3.05) is 0 Å². The van der Waals surface area contributed by atoms with Crippen molar-refractivity contribution < 1.29 is 31.0 Å². The number of hydrogen-bond acceptors (Lipinski definition) is 7. The lowest BCUT2D eigenvalue weighted by Crippen LogP contribution is -2.02. The van der Waals surface area contributed by atoms with Crippen LogP contribution in [0.1, 0.15) is 0 Å². The fourth-order valence-electron chi connectivity index (χ4n) is 2.48. The number of phenols is 1. The van der Waals surface area contributed by atoms with Crippen LogP contribution >= 0.6 is 0 Å². The molecule has 0 atom stereocenters. The lowest BCUT2D eigenvalue weighted by atomic mass is 10.1. The number of phenolic OH excluding ortho intramolecular Hbond substituents is 1. The summed E-state index contributed by atoms with van der Waals surface area (Å²) in [5.41, 5.74) is -0.341. The van der Waals surface area contributed by atoms with E-state index in [4.69, 9.17) is 0 Å². The first-order valence-corrected chi connectivity index (χ1v) is 10.2. The molecule has 0 heterocycles. The van der Waals surface area contributed by atoms with Gasteiger partial charge in [-0.3, -0.25) is 9.11 Å².